The number of amides is 1. The lowest BCUT2D eigenvalue weighted by Crippen LogP contribution is -2.22. The second-order valence-corrected chi connectivity index (χ2v) is 8.08. The third-order valence-electron chi connectivity index (χ3n) is 3.76. The van der Waals surface area contributed by atoms with Gasteiger partial charge in [0.2, 0.25) is 5.91 Å². The first-order chi connectivity index (χ1) is 11.4. The highest BCUT2D eigenvalue weighted by Crippen LogP contribution is 2.26. The number of fused-ring (bicyclic) bond motifs is 1. The molecule has 0 bridgehead atoms. The minimum atomic E-state index is -0.210. The van der Waals surface area contributed by atoms with Crippen molar-refractivity contribution in [3.63, 3.8) is 0 Å². The van der Waals surface area contributed by atoms with Crippen LogP contribution in [0.25, 0.3) is 10.2 Å². The van der Waals surface area contributed by atoms with Crippen molar-refractivity contribution in [1.82, 2.24) is 4.57 Å². The Morgan fingerprint density at radius 1 is 1.21 bits per heavy atom. The molecule has 0 aliphatic carbocycles. The van der Waals surface area contributed by atoms with Crippen LogP contribution >= 0.6 is 23.1 Å². The van der Waals surface area contributed by atoms with Crippen molar-refractivity contribution in [3.8, 4) is 0 Å². The lowest BCUT2D eigenvalue weighted by molar-refractivity contribution is -0.115. The molecule has 124 valence electrons. The molecule has 1 N–H and O–H groups in total. The van der Waals surface area contributed by atoms with E-state index < -0.39 is 0 Å². The maximum atomic E-state index is 12.4. The number of carbonyl (C=O) groups is 1. The Balaban J connectivity index is 1.71. The average molecular weight is 358 g/mol. The van der Waals surface area contributed by atoms with E-state index in [1.807, 2.05) is 56.3 Å². The van der Waals surface area contributed by atoms with Crippen LogP contribution in [0.3, 0.4) is 0 Å². The van der Waals surface area contributed by atoms with Gasteiger partial charge in [-0.15, -0.1) is 11.8 Å². The summed E-state index contributed by atoms with van der Waals surface area (Å²) < 4.78 is 2.49. The van der Waals surface area contributed by atoms with Gasteiger partial charge in [-0.05, 0) is 44.2 Å². The molecule has 0 unspecified atom stereocenters. The Morgan fingerprint density at radius 3 is 2.62 bits per heavy atom. The topological polar surface area (TPSA) is 51.1 Å². The van der Waals surface area contributed by atoms with Crippen LogP contribution in [-0.2, 0) is 11.8 Å². The summed E-state index contributed by atoms with van der Waals surface area (Å²) in [7, 11) is 1.75. The van der Waals surface area contributed by atoms with Gasteiger partial charge in [-0.3, -0.25) is 9.59 Å². The maximum absolute atomic E-state index is 12.4. The summed E-state index contributed by atoms with van der Waals surface area (Å²) in [6, 6.07) is 13.7. The lowest BCUT2D eigenvalue weighted by atomic mass is 10.2. The number of hydrogen-bond donors (Lipinski definition) is 1. The molecular formula is C18H18N2O2S2. The highest BCUT2D eigenvalue weighted by molar-refractivity contribution is 8.00. The summed E-state index contributed by atoms with van der Waals surface area (Å²) in [6.07, 6.45) is 0. The van der Waals surface area contributed by atoms with Gasteiger partial charge in [0.15, 0.2) is 0 Å². The summed E-state index contributed by atoms with van der Waals surface area (Å²) in [4.78, 5) is 25.2. The lowest BCUT2D eigenvalue weighted by Gasteiger charge is -2.12. The predicted octanol–water partition coefficient (Wildman–Crippen LogP) is 4.03. The van der Waals surface area contributed by atoms with Gasteiger partial charge in [0.05, 0.1) is 15.5 Å². The van der Waals surface area contributed by atoms with E-state index >= 15 is 0 Å². The number of aryl methyl sites for hydroxylation is 2. The van der Waals surface area contributed by atoms with Gasteiger partial charge in [0.1, 0.15) is 0 Å². The number of nitrogens with one attached hydrogen (secondary N) is 1. The fraction of sp³-hybridized carbons (Fsp3) is 0.222. The van der Waals surface area contributed by atoms with Gasteiger partial charge in [-0.2, -0.15) is 0 Å². The SMILES string of the molecule is Cc1ccc(S[C@@H](C)C(=O)Nc2ccc3c(c2)sc(=O)n3C)cc1. The normalized spacial score (nSPS) is 12.3. The summed E-state index contributed by atoms with van der Waals surface area (Å²) in [5, 5.41) is 2.72. The smallest absolute Gasteiger partial charge is 0.307 e. The molecule has 1 amide bonds. The van der Waals surface area contributed by atoms with E-state index in [0.717, 1.165) is 15.1 Å². The third-order valence-corrected chi connectivity index (χ3v) is 5.87. The van der Waals surface area contributed by atoms with Crippen molar-refractivity contribution in [3.05, 3.63) is 57.7 Å². The van der Waals surface area contributed by atoms with Crippen LogP contribution in [0, 0.1) is 6.92 Å². The number of thiazole rings is 1. The molecule has 24 heavy (non-hydrogen) atoms. The Hall–Kier alpha value is -2.05. The zero-order valence-corrected chi connectivity index (χ0v) is 15.3. The molecule has 0 radical (unpaired) electrons. The molecule has 6 heteroatoms. The average Bonchev–Trinajstić information content (AvgIpc) is 2.83. The monoisotopic (exact) mass is 358 g/mol. The Kier molecular flexibility index (Phi) is 4.78. The van der Waals surface area contributed by atoms with Crippen molar-refractivity contribution >= 4 is 44.9 Å². The van der Waals surface area contributed by atoms with Crippen LogP contribution < -0.4 is 10.2 Å². The van der Waals surface area contributed by atoms with Crippen LogP contribution in [-0.4, -0.2) is 15.7 Å². The zero-order valence-electron chi connectivity index (χ0n) is 13.7. The Morgan fingerprint density at radius 2 is 1.92 bits per heavy atom. The third kappa shape index (κ3) is 3.55. The van der Waals surface area contributed by atoms with Gasteiger partial charge in [-0.1, -0.05) is 29.0 Å². The van der Waals surface area contributed by atoms with Crippen molar-refractivity contribution in [2.24, 2.45) is 7.05 Å². The number of hydrogen-bond acceptors (Lipinski definition) is 4. The molecular weight excluding hydrogens is 340 g/mol. The van der Waals surface area contributed by atoms with Gasteiger partial charge in [-0.25, -0.2) is 0 Å². The van der Waals surface area contributed by atoms with Crippen LogP contribution in [0.4, 0.5) is 5.69 Å². The van der Waals surface area contributed by atoms with Crippen LogP contribution in [0.1, 0.15) is 12.5 Å². The fourth-order valence-corrected chi connectivity index (χ4v) is 4.12. The van der Waals surface area contributed by atoms with E-state index in [1.165, 1.54) is 28.7 Å². The molecule has 1 aromatic heterocycles. The Labute approximate surface area is 148 Å². The second-order valence-electron chi connectivity index (χ2n) is 5.67. The number of carbonyl (C=O) groups excluding carboxylic acids is 1. The molecule has 3 rings (SSSR count). The molecule has 0 saturated carbocycles. The number of aromatic nitrogens is 1. The second kappa shape index (κ2) is 6.83. The Bertz CT molecular complexity index is 942. The molecule has 0 aliphatic rings. The van der Waals surface area contributed by atoms with Gasteiger partial charge in [0, 0.05) is 17.6 Å². The van der Waals surface area contributed by atoms with Crippen molar-refractivity contribution in [2.45, 2.75) is 24.0 Å². The predicted molar refractivity (Wildman–Crippen MR) is 102 cm³/mol. The van der Waals surface area contributed by atoms with Gasteiger partial charge in [0.25, 0.3) is 0 Å². The first-order valence-electron chi connectivity index (χ1n) is 7.58. The van der Waals surface area contributed by atoms with E-state index in [9.17, 15) is 9.59 Å². The maximum Gasteiger partial charge on any atom is 0.307 e. The van der Waals surface area contributed by atoms with Gasteiger partial charge < -0.3 is 9.88 Å². The summed E-state index contributed by atoms with van der Waals surface area (Å²) in [6.45, 7) is 3.93. The molecule has 3 aromatic rings. The van der Waals surface area contributed by atoms with Crippen LogP contribution in [0.5, 0.6) is 0 Å². The molecule has 0 spiro atoms. The van der Waals surface area contributed by atoms with E-state index in [2.05, 4.69) is 5.32 Å². The van der Waals surface area contributed by atoms with E-state index in [1.54, 1.807) is 11.6 Å². The quantitative estimate of drug-likeness (QED) is 0.717. The summed E-state index contributed by atoms with van der Waals surface area (Å²) >= 11 is 2.71. The van der Waals surface area contributed by atoms with E-state index in [4.69, 9.17) is 0 Å². The highest BCUT2D eigenvalue weighted by Gasteiger charge is 2.15. The van der Waals surface area contributed by atoms with Crippen molar-refractivity contribution in [1.29, 1.82) is 0 Å². The minimum absolute atomic E-state index is 0.00299. The van der Waals surface area contributed by atoms with E-state index in [0.29, 0.717) is 5.69 Å². The molecule has 0 aliphatic heterocycles. The molecule has 1 atom stereocenters. The first kappa shape index (κ1) is 16.8. The van der Waals surface area contributed by atoms with Crippen molar-refractivity contribution in [2.75, 3.05) is 5.32 Å². The van der Waals surface area contributed by atoms with E-state index in [-0.39, 0.29) is 16.0 Å². The molecule has 1 heterocycles. The van der Waals surface area contributed by atoms with Gasteiger partial charge >= 0.3 is 4.87 Å². The van der Waals surface area contributed by atoms with Crippen LogP contribution in [0.2, 0.25) is 0 Å². The zero-order chi connectivity index (χ0) is 17.3. The first-order valence-corrected chi connectivity index (χ1v) is 9.27. The number of thioether (sulfide) groups is 1. The number of anilines is 1. The fourth-order valence-electron chi connectivity index (χ4n) is 2.33. The molecule has 4 nitrogen and oxygen atoms in total. The minimum Gasteiger partial charge on any atom is -0.325 e. The van der Waals surface area contributed by atoms with Crippen molar-refractivity contribution < 1.29 is 4.79 Å². The number of benzene rings is 2. The summed E-state index contributed by atoms with van der Waals surface area (Å²) in [5.74, 6) is -0.0526. The molecule has 0 fully saturated rings. The number of nitrogens with zero attached hydrogens (tertiary/aromatic N) is 1. The van der Waals surface area contributed by atoms with Crippen LogP contribution in [0.15, 0.2) is 52.2 Å². The largest absolute Gasteiger partial charge is 0.325 e. The molecule has 2 aromatic carbocycles. The summed E-state index contributed by atoms with van der Waals surface area (Å²) in [5.41, 5.74) is 2.79. The highest BCUT2D eigenvalue weighted by atomic mass is 32.2. The number of rotatable bonds is 4. The standard InChI is InChI=1S/C18H18N2O2S2/c1-11-4-7-14(8-5-11)23-12(2)17(21)19-13-6-9-15-16(10-13)24-18(22)20(15)3/h4-10,12H,1-3H3,(H,19,21)/t12-/m0/s1. The molecule has 0 saturated heterocycles.